The van der Waals surface area contributed by atoms with Gasteiger partial charge in [-0.25, -0.2) is 4.39 Å². The third-order valence-electron chi connectivity index (χ3n) is 3.81. The van der Waals surface area contributed by atoms with Crippen LogP contribution in [0.2, 0.25) is 0 Å². The zero-order valence-corrected chi connectivity index (χ0v) is 13.7. The number of amidine groups is 1. The van der Waals surface area contributed by atoms with E-state index in [1.165, 1.54) is 19.1 Å². The van der Waals surface area contributed by atoms with Crippen molar-refractivity contribution in [2.75, 3.05) is 0 Å². The number of benzene rings is 2. The predicted molar refractivity (Wildman–Crippen MR) is 94.0 cm³/mol. The first-order chi connectivity index (χ1) is 10.9. The summed E-state index contributed by atoms with van der Waals surface area (Å²) in [5, 5.41) is 9.78. The second kappa shape index (κ2) is 7.22. The molecule has 0 aliphatic heterocycles. The summed E-state index contributed by atoms with van der Waals surface area (Å²) in [6.07, 6.45) is 1.11. The summed E-state index contributed by atoms with van der Waals surface area (Å²) in [7, 11) is 2.03. The van der Waals surface area contributed by atoms with E-state index in [1.807, 2.05) is 20.8 Å². The fourth-order valence-electron chi connectivity index (χ4n) is 2.59. The standard InChI is InChI=1S/C18H20BFN2O/c1-11-6-8-14(19)10-13(11)7-9-15-16(4-3-5-17(15)20)18(23)22-12(2)21/h3-6,8,10H,7,9,19H2,1-2H3,(H2,21,22,23). The first-order valence-electron chi connectivity index (χ1n) is 7.58. The first kappa shape index (κ1) is 16.9. The Labute approximate surface area is 136 Å². The van der Waals surface area contributed by atoms with Gasteiger partial charge < -0.3 is 5.32 Å². The highest BCUT2D eigenvalue weighted by atomic mass is 19.1. The smallest absolute Gasteiger partial charge is 0.256 e. The quantitative estimate of drug-likeness (QED) is 0.506. The van der Waals surface area contributed by atoms with Gasteiger partial charge in [0.15, 0.2) is 0 Å². The molecule has 0 fully saturated rings. The van der Waals surface area contributed by atoms with Gasteiger partial charge in [0.1, 0.15) is 13.7 Å². The van der Waals surface area contributed by atoms with Crippen LogP contribution >= 0.6 is 0 Å². The van der Waals surface area contributed by atoms with E-state index in [2.05, 4.69) is 17.4 Å². The molecule has 1 amide bonds. The molecule has 0 bridgehead atoms. The maximum absolute atomic E-state index is 14.2. The topological polar surface area (TPSA) is 53.0 Å². The van der Waals surface area contributed by atoms with Crippen molar-refractivity contribution >= 4 is 25.1 Å². The van der Waals surface area contributed by atoms with Gasteiger partial charge in [-0.2, -0.15) is 0 Å². The van der Waals surface area contributed by atoms with E-state index in [9.17, 15) is 9.18 Å². The third kappa shape index (κ3) is 4.28. The Morgan fingerprint density at radius 3 is 2.70 bits per heavy atom. The van der Waals surface area contributed by atoms with Gasteiger partial charge in [-0.1, -0.05) is 29.7 Å². The van der Waals surface area contributed by atoms with Gasteiger partial charge in [0.05, 0.1) is 5.84 Å². The van der Waals surface area contributed by atoms with Gasteiger partial charge in [0.25, 0.3) is 5.91 Å². The van der Waals surface area contributed by atoms with Crippen molar-refractivity contribution in [3.63, 3.8) is 0 Å². The Morgan fingerprint density at radius 1 is 1.26 bits per heavy atom. The summed E-state index contributed by atoms with van der Waals surface area (Å²) in [6, 6.07) is 10.7. The molecule has 0 saturated carbocycles. The fourth-order valence-corrected chi connectivity index (χ4v) is 2.59. The third-order valence-corrected chi connectivity index (χ3v) is 3.81. The van der Waals surface area contributed by atoms with Gasteiger partial charge in [-0.3, -0.25) is 10.2 Å². The Morgan fingerprint density at radius 2 is 2.00 bits per heavy atom. The van der Waals surface area contributed by atoms with Gasteiger partial charge in [0, 0.05) is 11.1 Å². The summed E-state index contributed by atoms with van der Waals surface area (Å²) in [5.41, 5.74) is 4.17. The predicted octanol–water partition coefficient (Wildman–Crippen LogP) is 1.90. The van der Waals surface area contributed by atoms with Crippen LogP contribution in [-0.4, -0.2) is 19.6 Å². The molecular formula is C18H20BFN2O. The molecule has 23 heavy (non-hydrogen) atoms. The highest BCUT2D eigenvalue weighted by Gasteiger charge is 2.15. The van der Waals surface area contributed by atoms with E-state index in [0.717, 1.165) is 16.6 Å². The SMILES string of the molecule is Bc1ccc(C)c(CCc2c(F)cccc2C(=O)NC(C)=N)c1. The van der Waals surface area contributed by atoms with Crippen molar-refractivity contribution in [2.45, 2.75) is 26.7 Å². The molecule has 0 aromatic heterocycles. The maximum atomic E-state index is 14.2. The van der Waals surface area contributed by atoms with Crippen LogP contribution in [0.5, 0.6) is 0 Å². The lowest BCUT2D eigenvalue weighted by Gasteiger charge is -2.12. The summed E-state index contributed by atoms with van der Waals surface area (Å²) in [4.78, 5) is 12.1. The van der Waals surface area contributed by atoms with Crippen LogP contribution in [0.25, 0.3) is 0 Å². The number of rotatable bonds is 4. The molecule has 0 aliphatic rings. The Hall–Kier alpha value is -2.43. The van der Waals surface area contributed by atoms with E-state index >= 15 is 0 Å². The molecule has 2 aromatic rings. The van der Waals surface area contributed by atoms with Crippen LogP contribution in [0, 0.1) is 18.2 Å². The molecule has 2 aromatic carbocycles. The zero-order chi connectivity index (χ0) is 17.0. The molecule has 0 atom stereocenters. The number of nitrogens with one attached hydrogen (secondary N) is 2. The average Bonchev–Trinajstić information content (AvgIpc) is 2.48. The van der Waals surface area contributed by atoms with Crippen LogP contribution in [0.1, 0.15) is 34.0 Å². The number of aryl methyl sites for hydroxylation is 2. The number of amides is 1. The van der Waals surface area contributed by atoms with Crippen molar-refractivity contribution in [3.8, 4) is 0 Å². The van der Waals surface area contributed by atoms with Crippen LogP contribution in [0.4, 0.5) is 4.39 Å². The summed E-state index contributed by atoms with van der Waals surface area (Å²) in [6.45, 7) is 3.51. The highest BCUT2D eigenvalue weighted by Crippen LogP contribution is 2.18. The summed E-state index contributed by atoms with van der Waals surface area (Å²) < 4.78 is 14.2. The van der Waals surface area contributed by atoms with Crippen molar-refractivity contribution in [1.29, 1.82) is 5.41 Å². The van der Waals surface area contributed by atoms with Gasteiger partial charge in [0.2, 0.25) is 0 Å². The Balaban J connectivity index is 2.27. The van der Waals surface area contributed by atoms with Crippen LogP contribution < -0.4 is 10.8 Å². The maximum Gasteiger partial charge on any atom is 0.256 e. The second-order valence-corrected chi connectivity index (χ2v) is 5.78. The lowest BCUT2D eigenvalue weighted by atomic mass is 9.89. The minimum absolute atomic E-state index is 0.0414. The largest absolute Gasteiger partial charge is 0.311 e. The minimum Gasteiger partial charge on any atom is -0.311 e. The van der Waals surface area contributed by atoms with E-state index < -0.39 is 5.91 Å². The van der Waals surface area contributed by atoms with Crippen molar-refractivity contribution in [2.24, 2.45) is 0 Å². The number of hydrogen-bond donors (Lipinski definition) is 2. The Kier molecular flexibility index (Phi) is 5.32. The van der Waals surface area contributed by atoms with Crippen LogP contribution in [-0.2, 0) is 12.8 Å². The van der Waals surface area contributed by atoms with E-state index in [4.69, 9.17) is 5.41 Å². The molecule has 0 heterocycles. The molecule has 3 nitrogen and oxygen atoms in total. The van der Waals surface area contributed by atoms with Crippen molar-refractivity contribution < 1.29 is 9.18 Å². The van der Waals surface area contributed by atoms with Crippen LogP contribution in [0.15, 0.2) is 36.4 Å². The van der Waals surface area contributed by atoms with E-state index in [-0.39, 0.29) is 11.7 Å². The molecule has 0 spiro atoms. The molecule has 5 heteroatoms. The lowest BCUT2D eigenvalue weighted by molar-refractivity contribution is 0.0975. The number of hydrogen-bond acceptors (Lipinski definition) is 2. The van der Waals surface area contributed by atoms with Crippen molar-refractivity contribution in [3.05, 3.63) is 64.5 Å². The molecule has 118 valence electrons. The normalized spacial score (nSPS) is 10.4. The van der Waals surface area contributed by atoms with Gasteiger partial charge in [-0.15, -0.1) is 0 Å². The molecule has 2 rings (SSSR count). The molecular weight excluding hydrogens is 290 g/mol. The van der Waals surface area contributed by atoms with E-state index in [0.29, 0.717) is 24.0 Å². The monoisotopic (exact) mass is 310 g/mol. The molecule has 0 saturated heterocycles. The van der Waals surface area contributed by atoms with Gasteiger partial charge >= 0.3 is 0 Å². The Bertz CT molecular complexity index is 759. The number of carbonyl (C=O) groups is 1. The molecule has 0 aliphatic carbocycles. The first-order valence-corrected chi connectivity index (χ1v) is 7.58. The second-order valence-electron chi connectivity index (χ2n) is 5.78. The van der Waals surface area contributed by atoms with Crippen LogP contribution in [0.3, 0.4) is 0 Å². The average molecular weight is 310 g/mol. The van der Waals surface area contributed by atoms with Gasteiger partial charge in [-0.05, 0) is 49.9 Å². The lowest BCUT2D eigenvalue weighted by Crippen LogP contribution is -2.28. The zero-order valence-electron chi connectivity index (χ0n) is 13.7. The minimum atomic E-state index is -0.437. The fraction of sp³-hybridized carbons (Fsp3) is 0.222. The van der Waals surface area contributed by atoms with Crippen molar-refractivity contribution in [1.82, 2.24) is 5.32 Å². The number of carbonyl (C=O) groups excluding carboxylic acids is 1. The molecule has 2 N–H and O–H groups in total. The highest BCUT2D eigenvalue weighted by molar-refractivity contribution is 6.32. The van der Waals surface area contributed by atoms with E-state index in [1.54, 1.807) is 6.07 Å². The number of halogens is 1. The summed E-state index contributed by atoms with van der Waals surface area (Å²) in [5.74, 6) is -0.779. The molecule has 0 radical (unpaired) electrons. The summed E-state index contributed by atoms with van der Waals surface area (Å²) >= 11 is 0. The molecule has 0 unspecified atom stereocenters.